The van der Waals surface area contributed by atoms with Gasteiger partial charge in [0.15, 0.2) is 5.82 Å². The van der Waals surface area contributed by atoms with Crippen LogP contribution in [0.25, 0.3) is 17.0 Å². The summed E-state index contributed by atoms with van der Waals surface area (Å²) in [5.74, 6) is 0.608. The van der Waals surface area contributed by atoms with Crippen molar-refractivity contribution in [1.29, 1.82) is 0 Å². The van der Waals surface area contributed by atoms with Gasteiger partial charge < -0.3 is 15.9 Å². The molecular formula is C36H37N7OSi. The second-order valence-electron chi connectivity index (χ2n) is 12.7. The van der Waals surface area contributed by atoms with Gasteiger partial charge in [-0.15, -0.1) is 0 Å². The fraction of sp³-hybridized carbons (Fsp3) is 0.222. The number of imidazole rings is 1. The largest absolute Gasteiger partial charge is 0.400 e. The minimum absolute atomic E-state index is 0.0721. The molecule has 3 heterocycles. The second-order valence-corrected chi connectivity index (χ2v) is 17.0. The highest BCUT2D eigenvalue weighted by Gasteiger charge is 2.52. The zero-order valence-electron chi connectivity index (χ0n) is 25.8. The van der Waals surface area contributed by atoms with Crippen LogP contribution in [0.3, 0.4) is 0 Å². The van der Waals surface area contributed by atoms with Crippen LogP contribution in [0.1, 0.15) is 62.5 Å². The third-order valence-corrected chi connectivity index (χ3v) is 14.1. The van der Waals surface area contributed by atoms with Crippen molar-refractivity contribution >= 4 is 41.2 Å². The van der Waals surface area contributed by atoms with E-state index in [1.165, 1.54) is 10.4 Å². The highest BCUT2D eigenvalue weighted by atomic mass is 28.4. The molecule has 226 valence electrons. The van der Waals surface area contributed by atoms with Crippen LogP contribution in [0.4, 0.5) is 11.5 Å². The summed E-state index contributed by atoms with van der Waals surface area (Å²) in [6.45, 7) is 6.95. The van der Waals surface area contributed by atoms with Crippen LogP contribution < -0.4 is 21.8 Å². The monoisotopic (exact) mass is 611 g/mol. The molecule has 4 N–H and O–H groups in total. The number of nitrogens with zero attached hydrogens (tertiary/aromatic N) is 5. The predicted molar refractivity (Wildman–Crippen MR) is 182 cm³/mol. The van der Waals surface area contributed by atoms with Gasteiger partial charge in [-0.05, 0) is 45.4 Å². The van der Waals surface area contributed by atoms with Gasteiger partial charge in [-0.2, -0.15) is 4.98 Å². The summed E-state index contributed by atoms with van der Waals surface area (Å²) in [5.41, 5.74) is 18.1. The number of nitrogen functional groups attached to an aromatic ring is 2. The van der Waals surface area contributed by atoms with E-state index < -0.39 is 8.32 Å². The van der Waals surface area contributed by atoms with Crippen LogP contribution in [0, 0.1) is 0 Å². The minimum atomic E-state index is -2.78. The molecule has 0 radical (unpaired) electrons. The minimum Gasteiger partial charge on any atom is -0.400 e. The molecule has 1 aliphatic carbocycles. The first-order valence-electron chi connectivity index (χ1n) is 15.4. The van der Waals surface area contributed by atoms with E-state index in [9.17, 15) is 0 Å². The Balaban J connectivity index is 1.33. The predicted octanol–water partition coefficient (Wildman–Crippen LogP) is 5.92. The van der Waals surface area contributed by atoms with Crippen LogP contribution in [0.15, 0.2) is 110 Å². The Hall–Kier alpha value is -4.86. The normalized spacial score (nSPS) is 16.9. The van der Waals surface area contributed by atoms with Gasteiger partial charge in [0, 0.05) is 12.1 Å². The first kappa shape index (κ1) is 28.9. The highest BCUT2D eigenvalue weighted by Crippen LogP contribution is 2.48. The molecule has 1 aliphatic rings. The molecule has 0 saturated heterocycles. The van der Waals surface area contributed by atoms with E-state index in [1.807, 2.05) is 10.6 Å². The third-order valence-electron chi connectivity index (χ3n) is 9.06. The molecule has 0 aliphatic heterocycles. The number of benzene rings is 3. The van der Waals surface area contributed by atoms with Crippen LogP contribution in [-0.4, -0.2) is 32.8 Å². The second kappa shape index (κ2) is 11.2. The van der Waals surface area contributed by atoms with Crippen molar-refractivity contribution in [2.75, 3.05) is 11.5 Å². The van der Waals surface area contributed by atoms with Gasteiger partial charge >= 0.3 is 0 Å². The molecule has 3 aromatic heterocycles. The number of nitrogens with two attached hydrogens (primary N) is 2. The summed E-state index contributed by atoms with van der Waals surface area (Å²) in [6.07, 6.45) is 6.67. The lowest BCUT2D eigenvalue weighted by atomic mass is 9.79. The van der Waals surface area contributed by atoms with E-state index in [2.05, 4.69) is 121 Å². The van der Waals surface area contributed by atoms with Crippen LogP contribution in [0.2, 0.25) is 5.04 Å². The van der Waals surface area contributed by atoms with Crippen molar-refractivity contribution in [3.05, 3.63) is 127 Å². The molecular weight excluding hydrogens is 575 g/mol. The van der Waals surface area contributed by atoms with Gasteiger partial charge in [0.1, 0.15) is 6.33 Å². The Kier molecular flexibility index (Phi) is 7.22. The molecule has 9 heteroatoms. The Labute approximate surface area is 264 Å². The third kappa shape index (κ3) is 4.88. The fourth-order valence-corrected chi connectivity index (χ4v) is 11.6. The van der Waals surface area contributed by atoms with Gasteiger partial charge in [0.05, 0.1) is 34.7 Å². The Morgan fingerprint density at radius 2 is 1.44 bits per heavy atom. The highest BCUT2D eigenvalue weighted by molar-refractivity contribution is 6.99. The SMILES string of the molecule is CC(C)(C)[Si](O[C@@H]1CC[C@@H](c2nc(-n3cnc4ccncc43)nc(N)c2N)c2ccccc21)(c1ccccc1)c1ccccc1. The molecule has 0 amide bonds. The number of fused-ring (bicyclic) bond motifs is 2. The number of aromatic nitrogens is 5. The van der Waals surface area contributed by atoms with Gasteiger partial charge in [-0.3, -0.25) is 9.55 Å². The molecule has 3 aromatic carbocycles. The number of hydrogen-bond donors (Lipinski definition) is 2. The van der Waals surface area contributed by atoms with E-state index in [4.69, 9.17) is 20.9 Å². The summed E-state index contributed by atoms with van der Waals surface area (Å²) < 4.78 is 9.45. The Morgan fingerprint density at radius 1 is 0.800 bits per heavy atom. The maximum absolute atomic E-state index is 7.64. The van der Waals surface area contributed by atoms with Gasteiger partial charge in [0.2, 0.25) is 5.95 Å². The molecule has 0 bridgehead atoms. The van der Waals surface area contributed by atoms with Crippen molar-refractivity contribution < 1.29 is 4.43 Å². The van der Waals surface area contributed by atoms with Crippen LogP contribution in [0.5, 0.6) is 0 Å². The molecule has 0 spiro atoms. The Morgan fingerprint density at radius 3 is 2.11 bits per heavy atom. The molecule has 8 nitrogen and oxygen atoms in total. The maximum Gasteiger partial charge on any atom is 0.261 e. The molecule has 6 aromatic rings. The average Bonchev–Trinajstić information content (AvgIpc) is 3.49. The van der Waals surface area contributed by atoms with E-state index >= 15 is 0 Å². The summed E-state index contributed by atoms with van der Waals surface area (Å²) in [7, 11) is -2.78. The fourth-order valence-electron chi connectivity index (χ4n) is 6.94. The van der Waals surface area contributed by atoms with Gasteiger partial charge in [-0.25, -0.2) is 9.97 Å². The van der Waals surface area contributed by atoms with Crippen molar-refractivity contribution in [1.82, 2.24) is 24.5 Å². The first-order chi connectivity index (χ1) is 21.8. The van der Waals surface area contributed by atoms with Crippen molar-refractivity contribution in [3.63, 3.8) is 0 Å². The summed E-state index contributed by atoms with van der Waals surface area (Å²) in [6, 6.07) is 32.0. The van der Waals surface area contributed by atoms with Gasteiger partial charge in [-0.1, -0.05) is 106 Å². The van der Waals surface area contributed by atoms with Crippen LogP contribution in [-0.2, 0) is 4.43 Å². The lowest BCUT2D eigenvalue weighted by Gasteiger charge is -2.46. The van der Waals surface area contributed by atoms with Crippen LogP contribution >= 0.6 is 0 Å². The topological polar surface area (TPSA) is 118 Å². The van der Waals surface area contributed by atoms with Crippen molar-refractivity contribution in [2.24, 2.45) is 0 Å². The number of pyridine rings is 1. The quantitative estimate of drug-likeness (QED) is 0.225. The lowest BCUT2D eigenvalue weighted by Crippen LogP contribution is -2.67. The summed E-state index contributed by atoms with van der Waals surface area (Å²) in [4.78, 5) is 18.3. The van der Waals surface area contributed by atoms with Crippen molar-refractivity contribution in [2.45, 2.75) is 50.7 Å². The molecule has 0 saturated carbocycles. The smallest absolute Gasteiger partial charge is 0.261 e. The Bertz CT molecular complexity index is 1930. The summed E-state index contributed by atoms with van der Waals surface area (Å²) >= 11 is 0. The first-order valence-corrected chi connectivity index (χ1v) is 17.3. The number of anilines is 2. The van der Waals surface area contributed by atoms with Crippen molar-refractivity contribution in [3.8, 4) is 5.95 Å². The summed E-state index contributed by atoms with van der Waals surface area (Å²) in [5, 5.41) is 2.40. The average molecular weight is 612 g/mol. The molecule has 45 heavy (non-hydrogen) atoms. The maximum atomic E-state index is 7.64. The molecule has 0 fully saturated rings. The van der Waals surface area contributed by atoms with E-state index in [0.29, 0.717) is 11.6 Å². The lowest BCUT2D eigenvalue weighted by molar-refractivity contribution is 0.166. The zero-order valence-corrected chi connectivity index (χ0v) is 26.8. The van der Waals surface area contributed by atoms with E-state index in [-0.39, 0.29) is 22.9 Å². The van der Waals surface area contributed by atoms with E-state index in [0.717, 1.165) is 40.7 Å². The van der Waals surface area contributed by atoms with Gasteiger partial charge in [0.25, 0.3) is 8.32 Å². The molecule has 7 rings (SSSR count). The standard InChI is InChI=1S/C36H37N7OSi/c1-36(2,3)45(24-12-6-4-7-13-24,25-14-8-5-9-15-25)44-31-19-18-28(26-16-10-11-17-27(26)31)33-32(37)34(38)42-35(41-33)43-23-40-29-20-21-39-22-30(29)43/h4-17,20-23,28,31H,18-19,37H2,1-3H3,(H2,38,41,42)/t28-,31-/m1/s1. The molecule has 2 atom stereocenters. The number of rotatable bonds is 6. The molecule has 0 unspecified atom stereocenters. The zero-order chi connectivity index (χ0) is 31.2. The van der Waals surface area contributed by atoms with E-state index in [1.54, 1.807) is 18.7 Å². The number of hydrogen-bond acceptors (Lipinski definition) is 7.